The number of benzene rings is 2. The quantitative estimate of drug-likeness (QED) is 0.860. The van der Waals surface area contributed by atoms with E-state index in [-0.39, 0.29) is 12.5 Å². The van der Waals surface area contributed by atoms with Crippen molar-refractivity contribution in [2.24, 2.45) is 0 Å². The molecule has 2 rings (SSSR count). The summed E-state index contributed by atoms with van der Waals surface area (Å²) in [5.41, 5.74) is 1.85. The third-order valence-corrected chi connectivity index (χ3v) is 3.81. The van der Waals surface area contributed by atoms with Crippen molar-refractivity contribution in [2.75, 3.05) is 6.54 Å². The summed E-state index contributed by atoms with van der Waals surface area (Å²) < 4.78 is 0. The highest BCUT2D eigenvalue weighted by atomic mass is 16.3. The molecule has 0 radical (unpaired) electrons. The largest absolute Gasteiger partial charge is 0.388 e. The van der Waals surface area contributed by atoms with Gasteiger partial charge in [0.15, 0.2) is 0 Å². The maximum Gasteiger partial charge on any atom is 0.251 e. The molecule has 0 saturated heterocycles. The van der Waals surface area contributed by atoms with Crippen LogP contribution in [0.3, 0.4) is 0 Å². The van der Waals surface area contributed by atoms with Crippen LogP contribution in [0.5, 0.6) is 0 Å². The Morgan fingerprint density at radius 1 is 1.09 bits per heavy atom. The molecule has 1 unspecified atom stereocenters. The summed E-state index contributed by atoms with van der Waals surface area (Å²) in [7, 11) is 0. The molecule has 0 aliphatic carbocycles. The molecule has 22 heavy (non-hydrogen) atoms. The molecular formula is C19H23NO2. The molecule has 2 N–H and O–H groups in total. The van der Waals surface area contributed by atoms with Crippen LogP contribution in [0.4, 0.5) is 0 Å². The molecule has 2 aromatic carbocycles. The summed E-state index contributed by atoms with van der Waals surface area (Å²) in [5.74, 6) is -0.141. The second kappa shape index (κ2) is 7.23. The molecule has 0 heterocycles. The van der Waals surface area contributed by atoms with Gasteiger partial charge in [-0.2, -0.15) is 0 Å². The van der Waals surface area contributed by atoms with Crippen molar-refractivity contribution in [3.8, 4) is 0 Å². The lowest BCUT2D eigenvalue weighted by atomic mass is 9.96. The molecule has 1 atom stereocenters. The van der Waals surface area contributed by atoms with Gasteiger partial charge >= 0.3 is 0 Å². The highest BCUT2D eigenvalue weighted by molar-refractivity contribution is 5.95. The number of carbonyl (C=O) groups is 1. The number of nitrogens with one attached hydrogen (secondary N) is 1. The van der Waals surface area contributed by atoms with Gasteiger partial charge in [-0.3, -0.25) is 4.79 Å². The van der Waals surface area contributed by atoms with Gasteiger partial charge in [0.25, 0.3) is 5.91 Å². The van der Waals surface area contributed by atoms with Crippen LogP contribution in [0.1, 0.15) is 34.8 Å². The SMILES string of the molecule is Cc1ccccc1C(=O)NCC(C)(O)CCc1ccccc1. The van der Waals surface area contributed by atoms with Crippen LogP contribution in [-0.4, -0.2) is 23.2 Å². The van der Waals surface area contributed by atoms with E-state index in [9.17, 15) is 9.90 Å². The summed E-state index contributed by atoms with van der Waals surface area (Å²) in [5, 5.41) is 13.3. The zero-order valence-corrected chi connectivity index (χ0v) is 13.2. The van der Waals surface area contributed by atoms with Gasteiger partial charge in [-0.25, -0.2) is 0 Å². The minimum atomic E-state index is -0.922. The summed E-state index contributed by atoms with van der Waals surface area (Å²) >= 11 is 0. The first-order valence-electron chi connectivity index (χ1n) is 7.58. The monoisotopic (exact) mass is 297 g/mol. The zero-order chi connectivity index (χ0) is 16.0. The molecule has 0 fully saturated rings. The lowest BCUT2D eigenvalue weighted by molar-refractivity contribution is 0.0478. The predicted molar refractivity (Wildman–Crippen MR) is 88.9 cm³/mol. The van der Waals surface area contributed by atoms with E-state index in [2.05, 4.69) is 5.32 Å². The van der Waals surface area contributed by atoms with E-state index in [1.165, 1.54) is 5.56 Å². The molecule has 0 bridgehead atoms. The van der Waals surface area contributed by atoms with Gasteiger partial charge in [-0.05, 0) is 43.9 Å². The van der Waals surface area contributed by atoms with E-state index in [1.807, 2.05) is 55.5 Å². The third kappa shape index (κ3) is 4.71. The van der Waals surface area contributed by atoms with Gasteiger partial charge in [0.1, 0.15) is 0 Å². The van der Waals surface area contributed by atoms with Gasteiger partial charge in [-0.15, -0.1) is 0 Å². The fourth-order valence-electron chi connectivity index (χ4n) is 2.34. The highest BCUT2D eigenvalue weighted by Crippen LogP contribution is 2.14. The predicted octanol–water partition coefficient (Wildman–Crippen LogP) is 3.11. The molecule has 0 saturated carbocycles. The van der Waals surface area contributed by atoms with Crippen LogP contribution in [0, 0.1) is 6.92 Å². The molecule has 0 spiro atoms. The zero-order valence-electron chi connectivity index (χ0n) is 13.2. The maximum atomic E-state index is 12.2. The Morgan fingerprint density at radius 3 is 2.41 bits per heavy atom. The van der Waals surface area contributed by atoms with Gasteiger partial charge in [-0.1, -0.05) is 48.5 Å². The van der Waals surface area contributed by atoms with Crippen molar-refractivity contribution in [3.63, 3.8) is 0 Å². The molecule has 2 aromatic rings. The minimum absolute atomic E-state index is 0.141. The number of aryl methyl sites for hydroxylation is 2. The van der Waals surface area contributed by atoms with Crippen LogP contribution in [0.15, 0.2) is 54.6 Å². The standard InChI is InChI=1S/C19H23NO2/c1-15-8-6-7-11-17(15)18(21)20-14-19(2,22)13-12-16-9-4-3-5-10-16/h3-11,22H,12-14H2,1-2H3,(H,20,21). The Bertz CT molecular complexity index is 620. The van der Waals surface area contributed by atoms with Crippen molar-refractivity contribution < 1.29 is 9.90 Å². The van der Waals surface area contributed by atoms with Crippen LogP contribution in [0.2, 0.25) is 0 Å². The fourth-order valence-corrected chi connectivity index (χ4v) is 2.34. The van der Waals surface area contributed by atoms with Gasteiger partial charge < -0.3 is 10.4 Å². The fraction of sp³-hybridized carbons (Fsp3) is 0.316. The second-order valence-corrected chi connectivity index (χ2v) is 5.98. The summed E-state index contributed by atoms with van der Waals surface area (Å²) in [6, 6.07) is 17.5. The first kappa shape index (κ1) is 16.2. The Kier molecular flexibility index (Phi) is 5.34. The normalized spacial score (nSPS) is 13.4. The number of aliphatic hydroxyl groups is 1. The van der Waals surface area contributed by atoms with Crippen LogP contribution < -0.4 is 5.32 Å². The number of rotatable bonds is 6. The Morgan fingerprint density at radius 2 is 1.73 bits per heavy atom. The summed E-state index contributed by atoms with van der Waals surface area (Å²) in [4.78, 5) is 12.2. The van der Waals surface area contributed by atoms with Gasteiger partial charge in [0.2, 0.25) is 0 Å². The van der Waals surface area contributed by atoms with Crippen molar-refractivity contribution >= 4 is 5.91 Å². The first-order chi connectivity index (χ1) is 10.5. The third-order valence-electron chi connectivity index (χ3n) is 3.81. The highest BCUT2D eigenvalue weighted by Gasteiger charge is 2.21. The van der Waals surface area contributed by atoms with Gasteiger partial charge in [0, 0.05) is 12.1 Å². The molecule has 0 aliphatic heterocycles. The van der Waals surface area contributed by atoms with Crippen LogP contribution in [-0.2, 0) is 6.42 Å². The minimum Gasteiger partial charge on any atom is -0.388 e. The molecule has 1 amide bonds. The molecule has 0 aromatic heterocycles. The van der Waals surface area contributed by atoms with Crippen LogP contribution >= 0.6 is 0 Å². The van der Waals surface area contributed by atoms with E-state index in [0.29, 0.717) is 12.0 Å². The second-order valence-electron chi connectivity index (χ2n) is 5.98. The average molecular weight is 297 g/mol. The average Bonchev–Trinajstić information content (AvgIpc) is 2.52. The van der Waals surface area contributed by atoms with E-state index in [0.717, 1.165) is 12.0 Å². The van der Waals surface area contributed by atoms with Crippen molar-refractivity contribution in [2.45, 2.75) is 32.3 Å². The van der Waals surface area contributed by atoms with Crippen molar-refractivity contribution in [1.29, 1.82) is 0 Å². The Labute approximate surface area is 132 Å². The van der Waals surface area contributed by atoms with E-state index >= 15 is 0 Å². The molecule has 0 aliphatic rings. The summed E-state index contributed by atoms with van der Waals surface area (Å²) in [6.45, 7) is 3.91. The number of hydrogen-bond donors (Lipinski definition) is 2. The number of amides is 1. The molecular weight excluding hydrogens is 274 g/mol. The van der Waals surface area contributed by atoms with Crippen molar-refractivity contribution in [3.05, 3.63) is 71.3 Å². The lowest BCUT2D eigenvalue weighted by Crippen LogP contribution is -2.41. The van der Waals surface area contributed by atoms with Crippen molar-refractivity contribution in [1.82, 2.24) is 5.32 Å². The summed E-state index contributed by atoms with van der Waals surface area (Å²) in [6.07, 6.45) is 1.39. The smallest absolute Gasteiger partial charge is 0.251 e. The van der Waals surface area contributed by atoms with E-state index in [1.54, 1.807) is 13.0 Å². The first-order valence-corrected chi connectivity index (χ1v) is 7.58. The van der Waals surface area contributed by atoms with Gasteiger partial charge in [0.05, 0.1) is 5.60 Å². The topological polar surface area (TPSA) is 49.3 Å². The Balaban J connectivity index is 1.87. The molecule has 3 nitrogen and oxygen atoms in total. The number of carbonyl (C=O) groups excluding carboxylic acids is 1. The number of hydrogen-bond acceptors (Lipinski definition) is 2. The van der Waals surface area contributed by atoms with E-state index < -0.39 is 5.60 Å². The molecule has 3 heteroatoms. The molecule has 116 valence electrons. The van der Waals surface area contributed by atoms with E-state index in [4.69, 9.17) is 0 Å². The maximum absolute atomic E-state index is 12.2. The lowest BCUT2D eigenvalue weighted by Gasteiger charge is -2.24. The van der Waals surface area contributed by atoms with Crippen LogP contribution in [0.25, 0.3) is 0 Å². The Hall–Kier alpha value is -2.13.